The van der Waals surface area contributed by atoms with E-state index in [4.69, 9.17) is 0 Å². The van der Waals surface area contributed by atoms with Crippen LogP contribution in [0.5, 0.6) is 0 Å². The fraction of sp³-hybridized carbons (Fsp3) is 0.333. The van der Waals surface area contributed by atoms with Gasteiger partial charge in [0.05, 0.1) is 8.80 Å². The quantitative estimate of drug-likeness (QED) is 0.364. The van der Waals surface area contributed by atoms with Crippen molar-refractivity contribution in [3.63, 3.8) is 0 Å². The zero-order valence-corrected chi connectivity index (χ0v) is 3.89. The van der Waals surface area contributed by atoms with Crippen LogP contribution in [0.2, 0.25) is 6.55 Å². The lowest BCUT2D eigenvalue weighted by Crippen LogP contribution is -1.69. The normalized spacial score (nSPS) is 22.2. The van der Waals surface area contributed by atoms with Crippen LogP contribution in [-0.4, -0.2) is 8.80 Å². The summed E-state index contributed by atoms with van der Waals surface area (Å²) in [7, 11) is -0.139. The maximum absolute atomic E-state index is 2.31. The van der Waals surface area contributed by atoms with Crippen molar-refractivity contribution in [3.05, 3.63) is 11.4 Å². The van der Waals surface area contributed by atoms with Gasteiger partial charge in [0.25, 0.3) is 0 Å². The molecule has 0 aliphatic carbocycles. The third-order valence-electron chi connectivity index (χ3n) is 0.577. The molecule has 0 amide bonds. The predicted octanol–water partition coefficient (Wildman–Crippen LogP) is 0.491. The van der Waals surface area contributed by atoms with Crippen LogP contribution in [0.3, 0.4) is 0 Å². The maximum Gasteiger partial charge on any atom is 0.0805 e. The zero-order chi connectivity index (χ0) is 2.99. The molecular weight excluding hydrogens is 64.1 g/mol. The summed E-state index contributed by atoms with van der Waals surface area (Å²) in [5.74, 6) is 0. The number of rotatable bonds is 0. The van der Waals surface area contributed by atoms with Crippen molar-refractivity contribution < 1.29 is 0 Å². The lowest BCUT2D eigenvalue weighted by Gasteiger charge is -1.53. The van der Waals surface area contributed by atoms with Crippen molar-refractivity contribution in [2.24, 2.45) is 0 Å². The highest BCUT2D eigenvalue weighted by Gasteiger charge is 2.00. The Kier molecular flexibility index (Phi) is 0.255. The van der Waals surface area contributed by atoms with Crippen molar-refractivity contribution in [1.82, 2.24) is 0 Å². The zero-order valence-electron chi connectivity index (χ0n) is 2.73. The van der Waals surface area contributed by atoms with Crippen LogP contribution in [0.25, 0.3) is 0 Å². The highest BCUT2D eigenvalue weighted by Crippen LogP contribution is 1.98. The van der Waals surface area contributed by atoms with Crippen LogP contribution in [0.4, 0.5) is 0 Å². The molecule has 1 aliphatic rings. The van der Waals surface area contributed by atoms with Crippen LogP contribution in [0.15, 0.2) is 11.4 Å². The summed E-state index contributed by atoms with van der Waals surface area (Å²) in [5.41, 5.74) is 4.61. The van der Waals surface area contributed by atoms with Crippen molar-refractivity contribution in [2.45, 2.75) is 6.55 Å². The fourth-order valence-electron chi connectivity index (χ4n) is 0.111. The minimum Gasteiger partial charge on any atom is -0.101 e. The fourth-order valence-corrected chi connectivity index (χ4v) is 1.00. The Hall–Kier alpha value is -0.0431. The maximum atomic E-state index is 2.31. The first-order valence-corrected chi connectivity index (χ1v) is 4.07. The predicted molar refractivity (Wildman–Crippen MR) is 22.2 cm³/mol. The lowest BCUT2D eigenvalue weighted by molar-refractivity contribution is 2.28. The van der Waals surface area contributed by atoms with Crippen molar-refractivity contribution in [1.29, 1.82) is 0 Å². The van der Waals surface area contributed by atoms with E-state index in [0.29, 0.717) is 0 Å². The topological polar surface area (TPSA) is 0 Å². The SMILES string of the molecule is C[SiH]1C=C1. The van der Waals surface area contributed by atoms with E-state index >= 15 is 0 Å². The molecule has 4 heavy (non-hydrogen) atoms. The second-order valence-electron chi connectivity index (χ2n) is 1.24. The number of hydrogen-bond donors (Lipinski definition) is 0. The van der Waals surface area contributed by atoms with E-state index in [1.54, 1.807) is 0 Å². The second-order valence-corrected chi connectivity index (χ2v) is 3.73. The molecule has 0 atom stereocenters. The summed E-state index contributed by atoms with van der Waals surface area (Å²) in [6.45, 7) is 2.31. The minimum absolute atomic E-state index is 0.139. The molecule has 0 aromatic heterocycles. The van der Waals surface area contributed by atoms with Crippen LogP contribution >= 0.6 is 0 Å². The molecule has 0 unspecified atom stereocenters. The van der Waals surface area contributed by atoms with E-state index in [1.807, 2.05) is 0 Å². The summed E-state index contributed by atoms with van der Waals surface area (Å²) < 4.78 is 0. The molecule has 0 aromatic carbocycles. The molecule has 1 aliphatic heterocycles. The minimum atomic E-state index is -0.139. The van der Waals surface area contributed by atoms with Crippen molar-refractivity contribution >= 4 is 8.80 Å². The van der Waals surface area contributed by atoms with Gasteiger partial charge in [-0.25, -0.2) is 0 Å². The second kappa shape index (κ2) is 0.461. The smallest absolute Gasteiger partial charge is 0.0805 e. The first-order chi connectivity index (χ1) is 1.89. The van der Waals surface area contributed by atoms with Crippen LogP contribution in [-0.2, 0) is 0 Å². The third-order valence-corrected chi connectivity index (χ3v) is 1.73. The standard InChI is InChI=1S/C3H6Si/c1-4-2-3-4/h2-4H,1H3. The Bertz CT molecular complexity index is 41.2. The third kappa shape index (κ3) is 0.205. The first kappa shape index (κ1) is 2.21. The van der Waals surface area contributed by atoms with Crippen LogP contribution in [0, 0.1) is 0 Å². The monoisotopic (exact) mass is 70.0 g/mol. The van der Waals surface area contributed by atoms with Gasteiger partial charge in [-0.05, 0) is 0 Å². The summed E-state index contributed by atoms with van der Waals surface area (Å²) >= 11 is 0. The molecule has 1 heteroatoms. The first-order valence-electron chi connectivity index (χ1n) is 1.58. The van der Waals surface area contributed by atoms with Crippen molar-refractivity contribution in [3.8, 4) is 0 Å². The molecule has 0 saturated carbocycles. The summed E-state index contributed by atoms with van der Waals surface area (Å²) in [4.78, 5) is 0. The van der Waals surface area contributed by atoms with Gasteiger partial charge in [-0.15, -0.1) is 11.4 Å². The van der Waals surface area contributed by atoms with E-state index in [1.165, 1.54) is 0 Å². The number of hydrogen-bond acceptors (Lipinski definition) is 0. The summed E-state index contributed by atoms with van der Waals surface area (Å²) in [5, 5.41) is 0. The van der Waals surface area contributed by atoms with Gasteiger partial charge in [0.15, 0.2) is 0 Å². The Morgan fingerprint density at radius 3 is 1.75 bits per heavy atom. The van der Waals surface area contributed by atoms with E-state index in [0.717, 1.165) is 0 Å². The molecule has 0 nitrogen and oxygen atoms in total. The van der Waals surface area contributed by atoms with Gasteiger partial charge in [-0.1, -0.05) is 6.55 Å². The van der Waals surface area contributed by atoms with Gasteiger partial charge in [0.1, 0.15) is 0 Å². The molecule has 1 heterocycles. The van der Waals surface area contributed by atoms with Gasteiger partial charge in [-0.2, -0.15) is 0 Å². The van der Waals surface area contributed by atoms with Gasteiger partial charge < -0.3 is 0 Å². The van der Waals surface area contributed by atoms with E-state index in [9.17, 15) is 0 Å². The molecule has 0 radical (unpaired) electrons. The van der Waals surface area contributed by atoms with Gasteiger partial charge >= 0.3 is 0 Å². The highest BCUT2D eigenvalue weighted by molar-refractivity contribution is 6.78. The summed E-state index contributed by atoms with van der Waals surface area (Å²) in [6, 6.07) is 0. The lowest BCUT2D eigenvalue weighted by atomic mass is 11.3. The van der Waals surface area contributed by atoms with E-state index < -0.39 is 0 Å². The van der Waals surface area contributed by atoms with Crippen LogP contribution < -0.4 is 0 Å². The molecule has 0 spiro atoms. The average molecular weight is 70.2 g/mol. The molecule has 0 saturated heterocycles. The Morgan fingerprint density at radius 1 is 1.50 bits per heavy atom. The van der Waals surface area contributed by atoms with Gasteiger partial charge in [0.2, 0.25) is 0 Å². The van der Waals surface area contributed by atoms with E-state index in [-0.39, 0.29) is 8.80 Å². The highest BCUT2D eigenvalue weighted by atomic mass is 28.3. The Labute approximate surface area is 27.8 Å². The van der Waals surface area contributed by atoms with E-state index in [2.05, 4.69) is 17.9 Å². The van der Waals surface area contributed by atoms with Crippen LogP contribution in [0.1, 0.15) is 0 Å². The Balaban J connectivity index is 2.32. The van der Waals surface area contributed by atoms with Gasteiger partial charge in [0, 0.05) is 0 Å². The molecular formula is C3H6Si. The summed E-state index contributed by atoms with van der Waals surface area (Å²) in [6.07, 6.45) is 0. The molecule has 22 valence electrons. The molecule has 0 N–H and O–H groups in total. The Morgan fingerprint density at radius 2 is 1.75 bits per heavy atom. The van der Waals surface area contributed by atoms with Crippen molar-refractivity contribution in [2.75, 3.05) is 0 Å². The molecule has 1 rings (SSSR count). The average Bonchev–Trinajstić information content (AvgIpc) is 1.75. The van der Waals surface area contributed by atoms with Gasteiger partial charge in [-0.3, -0.25) is 0 Å². The molecule has 0 bridgehead atoms. The molecule has 0 fully saturated rings. The largest absolute Gasteiger partial charge is 0.101 e. The molecule has 0 aromatic rings.